The third-order valence-electron chi connectivity index (χ3n) is 3.81. The fourth-order valence-electron chi connectivity index (χ4n) is 2.58. The summed E-state index contributed by atoms with van der Waals surface area (Å²) >= 11 is 6.14. The Bertz CT molecular complexity index is 1220. The number of hydrogen-bond donors (Lipinski definition) is 1. The van der Waals surface area contributed by atoms with E-state index in [-0.39, 0.29) is 114 Å². The van der Waals surface area contributed by atoms with Crippen LogP contribution in [-0.4, -0.2) is 25.1 Å². The zero-order valence-electron chi connectivity index (χ0n) is 16.6. The van der Waals surface area contributed by atoms with E-state index < -0.39 is 28.5 Å². The van der Waals surface area contributed by atoms with Crippen molar-refractivity contribution in [1.82, 2.24) is 14.0 Å². The molecule has 0 fully saturated rings. The van der Waals surface area contributed by atoms with Crippen LogP contribution in [-0.2, 0) is 14.6 Å². The Morgan fingerprint density at radius 2 is 1.77 bits per heavy atom. The molecule has 1 N–H and O–H groups in total. The molecular formula is C16H12ClFK2N3O6PS. The van der Waals surface area contributed by atoms with E-state index in [9.17, 15) is 27.2 Å². The number of benzene rings is 2. The van der Waals surface area contributed by atoms with Gasteiger partial charge in [0.1, 0.15) is 6.33 Å². The predicted molar refractivity (Wildman–Crippen MR) is 98.4 cm³/mol. The number of methoxy groups -OCH3 is 1. The van der Waals surface area contributed by atoms with Crippen LogP contribution in [0.3, 0.4) is 0 Å². The number of nitrogens with one attached hydrogen (secondary N) is 1. The van der Waals surface area contributed by atoms with E-state index in [1.54, 1.807) is 6.07 Å². The van der Waals surface area contributed by atoms with Gasteiger partial charge in [-0.25, -0.2) is 17.8 Å². The normalized spacial score (nSPS) is 11.4. The van der Waals surface area contributed by atoms with E-state index in [1.807, 2.05) is 0 Å². The summed E-state index contributed by atoms with van der Waals surface area (Å²) in [5.41, 5.74) is 1.13. The van der Waals surface area contributed by atoms with Crippen molar-refractivity contribution in [2.24, 2.45) is 0 Å². The minimum absolute atomic E-state index is 0. The third kappa shape index (κ3) is 7.49. The maximum Gasteiger partial charge on any atom is 1.00 e. The topological polar surface area (TPSA) is 136 Å². The fraction of sp³-hybridized carbons (Fsp3) is 0.0625. The number of ether oxygens (including phenoxy) is 1. The van der Waals surface area contributed by atoms with Crippen molar-refractivity contribution >= 4 is 29.4 Å². The van der Waals surface area contributed by atoms with Gasteiger partial charge in [-0.05, 0) is 42.5 Å². The summed E-state index contributed by atoms with van der Waals surface area (Å²) in [6, 6.07) is 9.08. The van der Waals surface area contributed by atoms with E-state index in [0.717, 1.165) is 16.6 Å². The van der Waals surface area contributed by atoms with E-state index in [0.29, 0.717) is 16.9 Å². The van der Waals surface area contributed by atoms with Crippen LogP contribution in [0, 0.1) is 5.82 Å². The molecule has 0 amide bonds. The first kappa shape index (κ1) is 30.0. The van der Waals surface area contributed by atoms with Crippen molar-refractivity contribution < 1.29 is 135 Å². The van der Waals surface area contributed by atoms with Crippen molar-refractivity contribution in [3.63, 3.8) is 0 Å². The minimum atomic E-state index is -5.50. The van der Waals surface area contributed by atoms with Crippen LogP contribution in [0.5, 0.6) is 5.75 Å². The molecule has 1 aromatic heterocycles. The Morgan fingerprint density at radius 1 is 1.16 bits per heavy atom. The standard InChI is InChI=1S/C16H14ClFN3O6PS.2K/c1-27-14-7-2-10(8-13(14)18)15-16(17)19-9-21(15)11-3-5-12(6-4-11)29(25,26)20-28(22,23)24;;/h2-9H,1H3,(H3,20,22,23,24);;/q;2*+1/p-2. The van der Waals surface area contributed by atoms with Crippen LogP contribution in [0.25, 0.3) is 16.9 Å². The van der Waals surface area contributed by atoms with Gasteiger partial charge in [0.25, 0.3) is 0 Å². The van der Waals surface area contributed by atoms with Crippen LogP contribution in [0.4, 0.5) is 4.39 Å². The first-order valence-electron chi connectivity index (χ1n) is 7.75. The van der Waals surface area contributed by atoms with Gasteiger partial charge in [0.2, 0.25) is 10.0 Å². The van der Waals surface area contributed by atoms with E-state index in [2.05, 4.69) is 4.98 Å². The molecule has 31 heavy (non-hydrogen) atoms. The molecule has 9 nitrogen and oxygen atoms in total. The fourth-order valence-corrected chi connectivity index (χ4v) is 4.92. The first-order valence-corrected chi connectivity index (χ1v) is 11.2. The van der Waals surface area contributed by atoms with Crippen molar-refractivity contribution in [1.29, 1.82) is 0 Å². The Hall–Kier alpha value is 1.00. The molecule has 0 atom stereocenters. The quantitative estimate of drug-likeness (QED) is 0.247. The molecule has 0 saturated heterocycles. The van der Waals surface area contributed by atoms with Crippen LogP contribution in [0.2, 0.25) is 5.15 Å². The average molecular weight is 538 g/mol. The first-order chi connectivity index (χ1) is 13.5. The molecule has 0 aliphatic rings. The molecule has 0 aliphatic heterocycles. The summed E-state index contributed by atoms with van der Waals surface area (Å²) in [5.74, 6) is -0.562. The zero-order chi connectivity index (χ0) is 21.4. The van der Waals surface area contributed by atoms with E-state index in [1.165, 1.54) is 42.3 Å². The predicted octanol–water partition coefficient (Wildman–Crippen LogP) is -4.54. The van der Waals surface area contributed by atoms with Crippen molar-refractivity contribution in [3.8, 4) is 22.7 Å². The molecule has 2 aromatic carbocycles. The molecule has 0 radical (unpaired) electrons. The van der Waals surface area contributed by atoms with E-state index >= 15 is 0 Å². The second kappa shape index (κ2) is 12.1. The average Bonchev–Trinajstić information content (AvgIpc) is 3.01. The minimum Gasteiger partial charge on any atom is -0.799 e. The second-order valence-electron chi connectivity index (χ2n) is 5.69. The summed E-state index contributed by atoms with van der Waals surface area (Å²) in [5, 5.41) is 0.0755. The van der Waals surface area contributed by atoms with Gasteiger partial charge >= 0.3 is 103 Å². The summed E-state index contributed by atoms with van der Waals surface area (Å²) < 4.78 is 56.0. The number of imidazole rings is 1. The maximum absolute atomic E-state index is 14.1. The number of sulfonamides is 1. The van der Waals surface area contributed by atoms with Gasteiger partial charge in [0, 0.05) is 19.0 Å². The molecule has 0 spiro atoms. The summed E-state index contributed by atoms with van der Waals surface area (Å²) in [7, 11) is -8.70. The Labute approximate surface area is 267 Å². The third-order valence-corrected chi connectivity index (χ3v) is 6.83. The Morgan fingerprint density at radius 3 is 2.29 bits per heavy atom. The molecule has 1 heterocycles. The number of aromatic nitrogens is 2. The van der Waals surface area contributed by atoms with Crippen molar-refractivity contribution in [2.75, 3.05) is 7.11 Å². The van der Waals surface area contributed by atoms with Gasteiger partial charge in [-0.3, -0.25) is 4.57 Å². The van der Waals surface area contributed by atoms with Crippen LogP contribution < -0.4 is 122 Å². The van der Waals surface area contributed by atoms with Crippen LogP contribution >= 0.6 is 19.3 Å². The van der Waals surface area contributed by atoms with Crippen molar-refractivity contribution in [2.45, 2.75) is 4.90 Å². The second-order valence-corrected chi connectivity index (χ2v) is 9.25. The Kier molecular flexibility index (Phi) is 11.7. The maximum atomic E-state index is 14.1. The molecule has 15 heteroatoms. The molecule has 3 aromatic rings. The van der Waals surface area contributed by atoms with Crippen LogP contribution in [0.15, 0.2) is 53.7 Å². The number of hydrogen-bond acceptors (Lipinski definition) is 7. The van der Waals surface area contributed by atoms with Crippen molar-refractivity contribution in [3.05, 3.63) is 59.8 Å². The van der Waals surface area contributed by atoms with Gasteiger partial charge in [0.05, 0.1) is 17.7 Å². The SMILES string of the molecule is COc1ccc(-c2c(Cl)ncn2-c2ccc(S(=O)(=O)NP(=O)([O-])[O-])cc2)cc1F.[K+].[K+]. The molecular weight excluding hydrogens is 526 g/mol. The molecule has 0 unspecified atom stereocenters. The smallest absolute Gasteiger partial charge is 0.799 e. The van der Waals surface area contributed by atoms with Gasteiger partial charge in [-0.2, -0.15) is 4.49 Å². The molecule has 0 bridgehead atoms. The number of halogens is 2. The van der Waals surface area contributed by atoms with Crippen LogP contribution in [0.1, 0.15) is 0 Å². The summed E-state index contributed by atoms with van der Waals surface area (Å²) in [6.07, 6.45) is 1.35. The number of nitrogens with zero attached hydrogens (tertiary/aromatic N) is 2. The molecule has 0 saturated carbocycles. The summed E-state index contributed by atoms with van der Waals surface area (Å²) in [6.45, 7) is 0. The van der Waals surface area contributed by atoms with Gasteiger partial charge < -0.3 is 19.1 Å². The number of rotatable bonds is 6. The molecule has 3 rings (SSSR count). The zero-order valence-corrected chi connectivity index (χ0v) is 25.3. The largest absolute Gasteiger partial charge is 1.00 e. The van der Waals surface area contributed by atoms with E-state index in [4.69, 9.17) is 16.3 Å². The van der Waals surface area contributed by atoms with Gasteiger partial charge in [0.15, 0.2) is 16.7 Å². The monoisotopic (exact) mass is 537 g/mol. The summed E-state index contributed by atoms with van der Waals surface area (Å²) in [4.78, 5) is 25.0. The Balaban J connectivity index is 0.00000240. The molecule has 154 valence electrons. The molecule has 0 aliphatic carbocycles. The van der Waals surface area contributed by atoms with Gasteiger partial charge in [-0.1, -0.05) is 11.6 Å². The van der Waals surface area contributed by atoms with Gasteiger partial charge in [-0.15, -0.1) is 0 Å².